The van der Waals surface area contributed by atoms with Crippen LogP contribution in [0.2, 0.25) is 0 Å². The largest absolute Gasteiger partial charge is 0.106 e. The summed E-state index contributed by atoms with van der Waals surface area (Å²) in [5.74, 6) is 0. The predicted molar refractivity (Wildman–Crippen MR) is 72.1 cm³/mol. The van der Waals surface area contributed by atoms with Gasteiger partial charge in [0.05, 0.1) is 0 Å². The molecule has 0 aliphatic rings. The molecule has 0 aliphatic heterocycles. The Labute approximate surface area is 114 Å². The van der Waals surface area contributed by atoms with E-state index in [-0.39, 0.29) is 0 Å². The van der Waals surface area contributed by atoms with Crippen molar-refractivity contribution in [2.45, 2.75) is 4.90 Å². The zero-order valence-electron chi connectivity index (χ0n) is 5.44. The van der Waals surface area contributed by atoms with Gasteiger partial charge in [-0.2, -0.15) is 0 Å². The maximum absolute atomic E-state index is 4.15. The van der Waals surface area contributed by atoms with Crippen LogP contribution in [0.4, 0.5) is 0 Å². The summed E-state index contributed by atoms with van der Waals surface area (Å²) in [5.41, 5.74) is 0. The van der Waals surface area contributed by atoms with Crippen molar-refractivity contribution in [2.24, 2.45) is 0 Å². The third-order valence-corrected chi connectivity index (χ3v) is 6.77. The molecule has 0 amide bonds. The van der Waals surface area contributed by atoms with Gasteiger partial charge in [-0.3, -0.25) is 0 Å². The van der Waals surface area contributed by atoms with E-state index in [0.29, 0.717) is 0 Å². The minimum Gasteiger partial charge on any atom is -0.106 e. The van der Waals surface area contributed by atoms with E-state index < -0.39 is 0 Å². The van der Waals surface area contributed by atoms with E-state index in [1.807, 2.05) is 6.07 Å². The minimum atomic E-state index is 1.00. The molecule has 0 nitrogen and oxygen atoms in total. The van der Waals surface area contributed by atoms with E-state index in [4.69, 9.17) is 0 Å². The van der Waals surface area contributed by atoms with Crippen molar-refractivity contribution in [2.75, 3.05) is 0 Å². The number of rotatable bonds is 1. The molecule has 0 N–H and O–H groups in total. The van der Waals surface area contributed by atoms with Gasteiger partial charge in [0.1, 0.15) is 0 Å². The smallest absolute Gasteiger partial charge is 0.0484 e. The van der Waals surface area contributed by atoms with E-state index >= 15 is 0 Å². The zero-order chi connectivity index (χ0) is 9.30. The fourth-order valence-corrected chi connectivity index (χ4v) is 5.33. The molecular formula is C6H2Br4S2. The summed E-state index contributed by atoms with van der Waals surface area (Å²) in [4.78, 5) is 1.06. The first kappa shape index (κ1) is 11.9. The lowest BCUT2D eigenvalue weighted by Crippen LogP contribution is -1.79. The SMILES string of the molecule is SSc1c(Br)cc(Br)c(Br)c1Br. The molecular weight excluding hydrogens is 456 g/mol. The van der Waals surface area contributed by atoms with Crippen molar-refractivity contribution < 1.29 is 0 Å². The van der Waals surface area contributed by atoms with Gasteiger partial charge in [0.25, 0.3) is 0 Å². The lowest BCUT2D eigenvalue weighted by Gasteiger charge is -2.06. The zero-order valence-corrected chi connectivity index (χ0v) is 13.5. The van der Waals surface area contributed by atoms with Crippen LogP contribution in [-0.4, -0.2) is 0 Å². The molecule has 0 saturated heterocycles. The van der Waals surface area contributed by atoms with E-state index in [1.54, 1.807) is 0 Å². The summed E-state index contributed by atoms with van der Waals surface area (Å²) in [6.07, 6.45) is 0. The molecule has 0 fully saturated rings. The molecule has 0 unspecified atom stereocenters. The molecule has 12 heavy (non-hydrogen) atoms. The Hall–Kier alpha value is 1.84. The Morgan fingerprint density at radius 2 is 1.58 bits per heavy atom. The molecule has 0 heterocycles. The number of hydrogen-bond donors (Lipinski definition) is 1. The summed E-state index contributed by atoms with van der Waals surface area (Å²) < 4.78 is 4.03. The van der Waals surface area contributed by atoms with Gasteiger partial charge in [0, 0.05) is 22.8 Å². The van der Waals surface area contributed by atoms with Gasteiger partial charge >= 0.3 is 0 Å². The average Bonchev–Trinajstić information content (AvgIpc) is 2.01. The monoisotopic (exact) mass is 454 g/mol. The first-order valence-corrected chi connectivity index (χ1v) is 7.76. The van der Waals surface area contributed by atoms with Crippen LogP contribution in [0.5, 0.6) is 0 Å². The fourth-order valence-electron chi connectivity index (χ4n) is 0.633. The molecule has 0 spiro atoms. The molecule has 1 aromatic rings. The van der Waals surface area contributed by atoms with Crippen LogP contribution in [0.1, 0.15) is 0 Å². The maximum Gasteiger partial charge on any atom is 0.0484 e. The molecule has 0 atom stereocenters. The highest BCUT2D eigenvalue weighted by molar-refractivity contribution is 9.14. The Balaban J connectivity index is 3.40. The van der Waals surface area contributed by atoms with Crippen molar-refractivity contribution >= 4 is 86.2 Å². The van der Waals surface area contributed by atoms with E-state index in [1.165, 1.54) is 10.8 Å². The van der Waals surface area contributed by atoms with Crippen LogP contribution in [0.3, 0.4) is 0 Å². The molecule has 0 aromatic heterocycles. The lowest BCUT2D eigenvalue weighted by molar-refractivity contribution is 1.32. The molecule has 1 rings (SSSR count). The van der Waals surface area contributed by atoms with E-state index in [2.05, 4.69) is 75.4 Å². The lowest BCUT2D eigenvalue weighted by atomic mass is 10.4. The Morgan fingerprint density at radius 3 is 2.08 bits per heavy atom. The number of benzene rings is 1. The summed E-state index contributed by atoms with van der Waals surface area (Å²) >= 11 is 17.9. The predicted octanol–water partition coefficient (Wildman–Crippen LogP) is 5.67. The highest BCUT2D eigenvalue weighted by Crippen LogP contribution is 2.43. The summed E-state index contributed by atoms with van der Waals surface area (Å²) in [5, 5.41) is 0. The van der Waals surface area contributed by atoms with Gasteiger partial charge in [-0.25, -0.2) is 0 Å². The second kappa shape index (κ2) is 5.07. The molecule has 0 radical (unpaired) electrons. The van der Waals surface area contributed by atoms with Crippen LogP contribution >= 0.6 is 86.2 Å². The molecule has 1 aromatic carbocycles. The first-order chi connectivity index (χ1) is 5.57. The third kappa shape index (κ3) is 2.45. The van der Waals surface area contributed by atoms with Crippen LogP contribution in [0.25, 0.3) is 0 Å². The highest BCUT2D eigenvalue weighted by Gasteiger charge is 2.11. The second-order valence-corrected chi connectivity index (χ2v) is 6.32. The Kier molecular flexibility index (Phi) is 5.03. The first-order valence-electron chi connectivity index (χ1n) is 2.72. The van der Waals surface area contributed by atoms with Gasteiger partial charge in [-0.1, -0.05) is 10.8 Å². The summed E-state index contributed by atoms with van der Waals surface area (Å²) in [7, 11) is 1.39. The summed E-state index contributed by atoms with van der Waals surface area (Å²) in [6.45, 7) is 0. The highest BCUT2D eigenvalue weighted by atomic mass is 79.9. The third-order valence-electron chi connectivity index (χ3n) is 1.16. The average molecular weight is 458 g/mol. The number of thiol groups is 1. The van der Waals surface area contributed by atoms with Gasteiger partial charge in [0.2, 0.25) is 0 Å². The molecule has 66 valence electrons. The van der Waals surface area contributed by atoms with Crippen molar-refractivity contribution in [3.8, 4) is 0 Å². The molecule has 0 bridgehead atoms. The Morgan fingerprint density at radius 1 is 1.00 bits per heavy atom. The number of halogens is 4. The van der Waals surface area contributed by atoms with Crippen LogP contribution in [-0.2, 0) is 0 Å². The Bertz CT molecular complexity index is 313. The van der Waals surface area contributed by atoms with E-state index in [0.717, 1.165) is 22.8 Å². The van der Waals surface area contributed by atoms with Crippen molar-refractivity contribution in [1.82, 2.24) is 0 Å². The molecule has 0 saturated carbocycles. The number of hydrogen-bond acceptors (Lipinski definition) is 2. The standard InChI is InChI=1S/C6H2Br4S2/c7-2-1-3(8)6(12-11)5(10)4(2)9/h1,11H. The second-order valence-electron chi connectivity index (χ2n) is 1.89. The van der Waals surface area contributed by atoms with Crippen LogP contribution < -0.4 is 0 Å². The van der Waals surface area contributed by atoms with Gasteiger partial charge in [-0.15, -0.1) is 11.7 Å². The molecule has 6 heteroatoms. The fraction of sp³-hybridized carbons (Fsp3) is 0. The van der Waals surface area contributed by atoms with Crippen molar-refractivity contribution in [3.63, 3.8) is 0 Å². The van der Waals surface area contributed by atoms with Crippen LogP contribution in [0, 0.1) is 0 Å². The van der Waals surface area contributed by atoms with Crippen molar-refractivity contribution in [1.29, 1.82) is 0 Å². The molecule has 0 aliphatic carbocycles. The van der Waals surface area contributed by atoms with Gasteiger partial charge in [-0.05, 0) is 69.8 Å². The van der Waals surface area contributed by atoms with Crippen molar-refractivity contribution in [3.05, 3.63) is 24.0 Å². The quantitative estimate of drug-likeness (QED) is 0.245. The van der Waals surface area contributed by atoms with E-state index in [9.17, 15) is 0 Å². The van der Waals surface area contributed by atoms with Gasteiger partial charge in [0.15, 0.2) is 0 Å². The van der Waals surface area contributed by atoms with Gasteiger partial charge < -0.3 is 0 Å². The normalized spacial score (nSPS) is 10.4. The van der Waals surface area contributed by atoms with Crippen LogP contribution in [0.15, 0.2) is 28.9 Å². The minimum absolute atomic E-state index is 1.00. The summed E-state index contributed by atoms with van der Waals surface area (Å²) in [6, 6.07) is 1.98. The topological polar surface area (TPSA) is 0 Å². The maximum atomic E-state index is 4.15.